The lowest BCUT2D eigenvalue weighted by Crippen LogP contribution is -2.36. The van der Waals surface area contributed by atoms with Crippen LogP contribution < -0.4 is 5.32 Å². The third kappa shape index (κ3) is 1.12. The fourth-order valence-electron chi connectivity index (χ4n) is 0.970. The summed E-state index contributed by atoms with van der Waals surface area (Å²) in [5.74, 6) is 0. The van der Waals surface area contributed by atoms with Gasteiger partial charge in [-0.3, -0.25) is 4.99 Å². The topological polar surface area (TPSA) is 49.1 Å². The van der Waals surface area contributed by atoms with Crippen molar-refractivity contribution in [2.75, 3.05) is 0 Å². The summed E-state index contributed by atoms with van der Waals surface area (Å²) >= 11 is 11.3. The van der Waals surface area contributed by atoms with E-state index in [4.69, 9.17) is 23.2 Å². The Bertz CT molecular complexity index is 270. The second-order valence-corrected chi connectivity index (χ2v) is 2.89. The van der Waals surface area contributed by atoms with E-state index in [0.29, 0.717) is 5.17 Å². The molecule has 0 aromatic carbocycles. The predicted molar refractivity (Wildman–Crippen MR) is 45.8 cm³/mol. The molecule has 2 rings (SSSR count). The van der Waals surface area contributed by atoms with Gasteiger partial charge in [-0.1, -0.05) is 11.6 Å². The summed E-state index contributed by atoms with van der Waals surface area (Å²) in [6.45, 7) is 0. The predicted octanol–water partition coefficient (Wildman–Crippen LogP) is 0.558. The first-order valence-corrected chi connectivity index (χ1v) is 3.78. The van der Waals surface area contributed by atoms with Crippen molar-refractivity contribution in [3.05, 3.63) is 0 Å². The highest BCUT2D eigenvalue weighted by atomic mass is 35.5. The zero-order valence-electron chi connectivity index (χ0n) is 5.33. The minimum atomic E-state index is -0.181. The first-order valence-electron chi connectivity index (χ1n) is 3.02. The van der Waals surface area contributed by atoms with Gasteiger partial charge in [0, 0.05) is 0 Å². The summed E-state index contributed by atoms with van der Waals surface area (Å²) in [6, 6.07) is -0.181. The smallest absolute Gasteiger partial charge is 0.221 e. The van der Waals surface area contributed by atoms with Gasteiger partial charge in [-0.15, -0.1) is 0 Å². The summed E-state index contributed by atoms with van der Waals surface area (Å²) in [4.78, 5) is 11.7. The van der Waals surface area contributed by atoms with Crippen molar-refractivity contribution in [2.24, 2.45) is 15.0 Å². The van der Waals surface area contributed by atoms with E-state index in [2.05, 4.69) is 20.3 Å². The fourth-order valence-corrected chi connectivity index (χ4v) is 1.47. The highest BCUT2D eigenvalue weighted by Gasteiger charge is 2.30. The van der Waals surface area contributed by atoms with Crippen molar-refractivity contribution in [3.8, 4) is 0 Å². The van der Waals surface area contributed by atoms with Gasteiger partial charge < -0.3 is 5.32 Å². The van der Waals surface area contributed by atoms with Crippen LogP contribution in [-0.4, -0.2) is 29.0 Å². The molecule has 2 aliphatic rings. The molecule has 0 aromatic rings. The van der Waals surface area contributed by atoms with E-state index in [1.807, 2.05) is 0 Å². The zero-order chi connectivity index (χ0) is 7.84. The van der Waals surface area contributed by atoms with E-state index in [-0.39, 0.29) is 17.5 Å². The largest absolute Gasteiger partial charge is 0.353 e. The number of halogens is 2. The minimum Gasteiger partial charge on any atom is -0.353 e. The molecule has 4 nitrogen and oxygen atoms in total. The zero-order valence-corrected chi connectivity index (χ0v) is 6.84. The van der Waals surface area contributed by atoms with Gasteiger partial charge in [0.1, 0.15) is 11.2 Å². The summed E-state index contributed by atoms with van der Waals surface area (Å²) in [5.41, 5.74) is 0. The lowest BCUT2D eigenvalue weighted by molar-refractivity contribution is 0.638. The van der Waals surface area contributed by atoms with Crippen molar-refractivity contribution in [3.63, 3.8) is 0 Å². The molecule has 0 saturated carbocycles. The normalized spacial score (nSPS) is 34.0. The SMILES string of the molecule is ClC1=NC2NC=NC2C(Cl)=N1. The molecular formula is C5H4Cl2N4. The molecule has 0 radical (unpaired) electrons. The third-order valence-corrected chi connectivity index (χ3v) is 1.96. The minimum absolute atomic E-state index is 0.160. The Balaban J connectivity index is 2.33. The number of rotatable bonds is 0. The molecule has 2 atom stereocenters. The Kier molecular flexibility index (Phi) is 1.58. The molecule has 0 aromatic heterocycles. The summed E-state index contributed by atoms with van der Waals surface area (Å²) in [5, 5.41) is 3.45. The Labute approximate surface area is 73.0 Å². The van der Waals surface area contributed by atoms with Gasteiger partial charge in [0.15, 0.2) is 6.17 Å². The molecule has 0 bridgehead atoms. The Morgan fingerprint density at radius 3 is 3.09 bits per heavy atom. The molecule has 6 heteroatoms. The molecule has 0 fully saturated rings. The van der Waals surface area contributed by atoms with Crippen LogP contribution in [0.15, 0.2) is 15.0 Å². The summed E-state index contributed by atoms with van der Waals surface area (Å²) in [7, 11) is 0. The molecule has 11 heavy (non-hydrogen) atoms. The fraction of sp³-hybridized carbons (Fsp3) is 0.400. The summed E-state index contributed by atoms with van der Waals surface area (Å²) in [6.07, 6.45) is 1.40. The van der Waals surface area contributed by atoms with E-state index < -0.39 is 0 Å². The van der Waals surface area contributed by atoms with Crippen molar-refractivity contribution < 1.29 is 0 Å². The van der Waals surface area contributed by atoms with Crippen LogP contribution in [0, 0.1) is 0 Å². The molecule has 2 aliphatic heterocycles. The number of hydrogen-bond acceptors (Lipinski definition) is 4. The van der Waals surface area contributed by atoms with Crippen LogP contribution in [0.3, 0.4) is 0 Å². The average Bonchev–Trinajstić information content (AvgIpc) is 2.34. The van der Waals surface area contributed by atoms with Gasteiger partial charge in [-0.2, -0.15) is 0 Å². The first-order chi connectivity index (χ1) is 5.27. The lowest BCUT2D eigenvalue weighted by atomic mass is 10.2. The van der Waals surface area contributed by atoms with E-state index in [9.17, 15) is 0 Å². The highest BCUT2D eigenvalue weighted by molar-refractivity contribution is 6.73. The number of fused-ring (bicyclic) bond motifs is 1. The second-order valence-electron chi connectivity index (χ2n) is 2.17. The first kappa shape index (κ1) is 7.06. The standard InChI is InChI=1S/C5H4Cl2N4/c6-3-2-4(9-1-8-2)11-5(7)10-3/h1-2,4H,(H,8,9). The van der Waals surface area contributed by atoms with E-state index >= 15 is 0 Å². The van der Waals surface area contributed by atoms with Crippen LogP contribution in [0.1, 0.15) is 0 Å². The quantitative estimate of drug-likeness (QED) is 0.558. The van der Waals surface area contributed by atoms with Crippen molar-refractivity contribution in [2.45, 2.75) is 12.2 Å². The molecule has 2 unspecified atom stereocenters. The molecule has 0 aliphatic carbocycles. The van der Waals surface area contributed by atoms with Crippen molar-refractivity contribution >= 4 is 40.0 Å². The van der Waals surface area contributed by atoms with Crippen molar-refractivity contribution in [1.82, 2.24) is 5.32 Å². The Morgan fingerprint density at radius 2 is 2.27 bits per heavy atom. The number of hydrogen-bond donors (Lipinski definition) is 1. The van der Waals surface area contributed by atoms with Crippen LogP contribution in [0.25, 0.3) is 0 Å². The van der Waals surface area contributed by atoms with Crippen LogP contribution in [-0.2, 0) is 0 Å². The van der Waals surface area contributed by atoms with Crippen LogP contribution >= 0.6 is 23.2 Å². The molecule has 0 amide bonds. The monoisotopic (exact) mass is 190 g/mol. The number of aliphatic imine (C=N–C) groups is 3. The van der Waals surface area contributed by atoms with Crippen LogP contribution in [0.2, 0.25) is 0 Å². The van der Waals surface area contributed by atoms with Crippen LogP contribution in [0.5, 0.6) is 0 Å². The molecular weight excluding hydrogens is 187 g/mol. The molecule has 2 heterocycles. The van der Waals surface area contributed by atoms with Crippen molar-refractivity contribution in [1.29, 1.82) is 0 Å². The molecule has 0 spiro atoms. The second kappa shape index (κ2) is 2.46. The average molecular weight is 191 g/mol. The maximum Gasteiger partial charge on any atom is 0.221 e. The summed E-state index contributed by atoms with van der Waals surface area (Å²) < 4.78 is 0. The molecule has 1 N–H and O–H groups in total. The molecule has 0 saturated heterocycles. The van der Waals surface area contributed by atoms with Gasteiger partial charge in [0.2, 0.25) is 5.29 Å². The van der Waals surface area contributed by atoms with E-state index in [1.54, 1.807) is 6.34 Å². The van der Waals surface area contributed by atoms with Crippen LogP contribution in [0.4, 0.5) is 0 Å². The van der Waals surface area contributed by atoms with Gasteiger partial charge in [0.05, 0.1) is 6.34 Å². The van der Waals surface area contributed by atoms with Gasteiger partial charge >= 0.3 is 0 Å². The maximum atomic E-state index is 5.74. The highest BCUT2D eigenvalue weighted by Crippen LogP contribution is 2.16. The van der Waals surface area contributed by atoms with E-state index in [0.717, 1.165) is 0 Å². The van der Waals surface area contributed by atoms with Gasteiger partial charge in [0.25, 0.3) is 0 Å². The van der Waals surface area contributed by atoms with Gasteiger partial charge in [-0.05, 0) is 11.6 Å². The lowest BCUT2D eigenvalue weighted by Gasteiger charge is -2.16. The number of amidine groups is 1. The number of nitrogens with one attached hydrogen (secondary N) is 1. The third-order valence-electron chi connectivity index (χ3n) is 1.47. The maximum absolute atomic E-state index is 5.74. The Morgan fingerprint density at radius 1 is 1.45 bits per heavy atom. The van der Waals surface area contributed by atoms with Gasteiger partial charge in [-0.25, -0.2) is 9.98 Å². The molecule has 58 valence electrons. The Hall–Kier alpha value is -0.610. The number of nitrogens with zero attached hydrogens (tertiary/aromatic N) is 3. The van der Waals surface area contributed by atoms with E-state index in [1.165, 1.54) is 0 Å².